The van der Waals surface area contributed by atoms with Crippen molar-refractivity contribution in [2.75, 3.05) is 18.6 Å². The van der Waals surface area contributed by atoms with Gasteiger partial charge in [0.1, 0.15) is 0 Å². The van der Waals surface area contributed by atoms with E-state index < -0.39 is 10.0 Å². The van der Waals surface area contributed by atoms with E-state index in [1.54, 1.807) is 23.2 Å². The summed E-state index contributed by atoms with van der Waals surface area (Å²) in [5.41, 5.74) is 0. The van der Waals surface area contributed by atoms with Gasteiger partial charge in [0.15, 0.2) is 0 Å². The Morgan fingerprint density at radius 2 is 2.20 bits per heavy atom. The zero-order valence-corrected chi connectivity index (χ0v) is 14.2. The molecule has 2 N–H and O–H groups in total. The monoisotopic (exact) mass is 334 g/mol. The summed E-state index contributed by atoms with van der Waals surface area (Å²) in [4.78, 5) is 1.49. The topological polar surface area (TPSA) is 58.2 Å². The number of sulfonamides is 1. The lowest BCUT2D eigenvalue weighted by molar-refractivity contribution is 0.579. The molecule has 20 heavy (non-hydrogen) atoms. The van der Waals surface area contributed by atoms with Crippen LogP contribution in [-0.2, 0) is 16.6 Å². The third kappa shape index (κ3) is 5.37. The van der Waals surface area contributed by atoms with E-state index in [1.165, 1.54) is 24.2 Å². The van der Waals surface area contributed by atoms with Crippen LogP contribution in [0.1, 0.15) is 30.6 Å². The van der Waals surface area contributed by atoms with E-state index in [2.05, 4.69) is 16.3 Å². The van der Waals surface area contributed by atoms with E-state index >= 15 is 0 Å². The highest BCUT2D eigenvalue weighted by Gasteiger charge is 2.21. The minimum absolute atomic E-state index is 0.403. The van der Waals surface area contributed by atoms with E-state index in [0.717, 1.165) is 30.0 Å². The lowest BCUT2D eigenvalue weighted by atomic mass is 10.3. The predicted octanol–water partition coefficient (Wildman–Crippen LogP) is 2.42. The number of hydrogen-bond acceptors (Lipinski definition) is 5. The Morgan fingerprint density at radius 3 is 2.90 bits per heavy atom. The SMILES string of the molecule is CSCCCCNS(=O)(=O)c1csc(CNC2CC2)c1. The first-order valence-electron chi connectivity index (χ1n) is 6.91. The van der Waals surface area contributed by atoms with Crippen LogP contribution < -0.4 is 10.0 Å². The van der Waals surface area contributed by atoms with E-state index in [0.29, 0.717) is 17.5 Å². The Balaban J connectivity index is 1.78. The fraction of sp³-hybridized carbons (Fsp3) is 0.692. The normalized spacial score (nSPS) is 15.7. The zero-order chi connectivity index (χ0) is 14.4. The molecular weight excluding hydrogens is 312 g/mol. The Hall–Kier alpha value is -0.0800. The molecule has 0 aliphatic heterocycles. The average molecular weight is 335 g/mol. The number of nitrogens with one attached hydrogen (secondary N) is 2. The number of thioether (sulfide) groups is 1. The molecule has 1 aliphatic rings. The number of rotatable bonds is 10. The summed E-state index contributed by atoms with van der Waals surface area (Å²) in [6.07, 6.45) is 6.49. The molecule has 0 bridgehead atoms. The van der Waals surface area contributed by atoms with Gasteiger partial charge in [-0.15, -0.1) is 11.3 Å². The van der Waals surface area contributed by atoms with E-state index in [1.807, 2.05) is 0 Å². The minimum Gasteiger partial charge on any atom is -0.309 e. The zero-order valence-electron chi connectivity index (χ0n) is 11.7. The molecule has 4 nitrogen and oxygen atoms in total. The van der Waals surface area contributed by atoms with Gasteiger partial charge in [-0.25, -0.2) is 13.1 Å². The third-order valence-corrected chi connectivity index (χ3v) is 6.37. The molecule has 0 aromatic carbocycles. The molecule has 2 rings (SSSR count). The maximum Gasteiger partial charge on any atom is 0.241 e. The fourth-order valence-corrected chi connectivity index (χ4v) is 4.58. The van der Waals surface area contributed by atoms with Crippen molar-refractivity contribution in [1.29, 1.82) is 0 Å². The summed E-state index contributed by atoms with van der Waals surface area (Å²) in [7, 11) is -3.32. The van der Waals surface area contributed by atoms with Crippen LogP contribution in [0.4, 0.5) is 0 Å². The van der Waals surface area contributed by atoms with Crippen LogP contribution in [0.3, 0.4) is 0 Å². The molecule has 1 aromatic heterocycles. The first-order chi connectivity index (χ1) is 9.62. The van der Waals surface area contributed by atoms with Crippen LogP contribution in [-0.4, -0.2) is 33.0 Å². The molecule has 1 fully saturated rings. The van der Waals surface area contributed by atoms with Gasteiger partial charge in [-0.05, 0) is 43.8 Å². The highest BCUT2D eigenvalue weighted by atomic mass is 32.2. The number of thiophene rings is 1. The van der Waals surface area contributed by atoms with Crippen molar-refractivity contribution in [2.24, 2.45) is 0 Å². The van der Waals surface area contributed by atoms with Gasteiger partial charge in [0.2, 0.25) is 10.0 Å². The second-order valence-electron chi connectivity index (χ2n) is 5.00. The smallest absolute Gasteiger partial charge is 0.241 e. The van der Waals surface area contributed by atoms with Crippen molar-refractivity contribution in [3.8, 4) is 0 Å². The quantitative estimate of drug-likeness (QED) is 0.645. The summed E-state index contributed by atoms with van der Waals surface area (Å²) >= 11 is 3.30. The summed E-state index contributed by atoms with van der Waals surface area (Å²) in [6, 6.07) is 2.43. The molecule has 0 spiro atoms. The minimum atomic E-state index is -3.32. The molecule has 1 saturated carbocycles. The van der Waals surface area contributed by atoms with Crippen LogP contribution >= 0.6 is 23.1 Å². The first-order valence-corrected chi connectivity index (χ1v) is 10.7. The maximum absolute atomic E-state index is 12.1. The second-order valence-corrected chi connectivity index (χ2v) is 8.75. The summed E-state index contributed by atoms with van der Waals surface area (Å²) in [5.74, 6) is 1.08. The molecule has 7 heteroatoms. The van der Waals surface area contributed by atoms with Crippen LogP contribution in [0.15, 0.2) is 16.3 Å². The molecule has 1 aromatic rings. The van der Waals surface area contributed by atoms with Crippen LogP contribution in [0, 0.1) is 0 Å². The van der Waals surface area contributed by atoms with Gasteiger partial charge in [0.05, 0.1) is 4.90 Å². The van der Waals surface area contributed by atoms with E-state index in [9.17, 15) is 8.42 Å². The van der Waals surface area contributed by atoms with Gasteiger partial charge in [-0.1, -0.05) is 0 Å². The molecular formula is C13H22N2O2S3. The van der Waals surface area contributed by atoms with Crippen LogP contribution in [0.2, 0.25) is 0 Å². The Bertz CT molecular complexity index is 509. The molecule has 1 heterocycles. The summed E-state index contributed by atoms with van der Waals surface area (Å²) in [5, 5.41) is 5.13. The largest absolute Gasteiger partial charge is 0.309 e. The Kier molecular flexibility index (Phi) is 6.35. The van der Waals surface area contributed by atoms with E-state index in [4.69, 9.17) is 0 Å². The second kappa shape index (κ2) is 7.79. The van der Waals surface area contributed by atoms with Gasteiger partial charge in [0, 0.05) is 29.4 Å². The molecule has 0 radical (unpaired) electrons. The van der Waals surface area contributed by atoms with Crippen molar-refractivity contribution in [3.05, 3.63) is 16.3 Å². The fourth-order valence-electron chi connectivity index (χ4n) is 1.79. The van der Waals surface area contributed by atoms with Gasteiger partial charge in [0.25, 0.3) is 0 Å². The Morgan fingerprint density at radius 1 is 1.40 bits per heavy atom. The summed E-state index contributed by atoms with van der Waals surface area (Å²) < 4.78 is 26.9. The van der Waals surface area contributed by atoms with Crippen molar-refractivity contribution < 1.29 is 8.42 Å². The Labute approximate surface area is 129 Å². The number of unbranched alkanes of at least 4 members (excludes halogenated alkanes) is 1. The third-order valence-electron chi connectivity index (χ3n) is 3.15. The van der Waals surface area contributed by atoms with Gasteiger partial charge >= 0.3 is 0 Å². The van der Waals surface area contributed by atoms with Crippen molar-refractivity contribution >= 4 is 33.1 Å². The molecule has 0 unspecified atom stereocenters. The molecule has 1 aliphatic carbocycles. The number of hydrogen-bond donors (Lipinski definition) is 2. The molecule has 114 valence electrons. The van der Waals surface area contributed by atoms with Gasteiger partial charge in [-0.3, -0.25) is 0 Å². The highest BCUT2D eigenvalue weighted by molar-refractivity contribution is 7.98. The molecule has 0 atom stereocenters. The van der Waals surface area contributed by atoms with Gasteiger partial charge in [-0.2, -0.15) is 11.8 Å². The standard InChI is InChI=1S/C13H22N2O2S3/c1-18-7-3-2-6-15-20(16,17)13-8-12(19-10-13)9-14-11-4-5-11/h8,10-11,14-15H,2-7,9H2,1H3. The summed E-state index contributed by atoms with van der Waals surface area (Å²) in [6.45, 7) is 1.30. The van der Waals surface area contributed by atoms with Crippen LogP contribution in [0.25, 0.3) is 0 Å². The molecule has 0 saturated heterocycles. The van der Waals surface area contributed by atoms with Crippen LogP contribution in [0.5, 0.6) is 0 Å². The van der Waals surface area contributed by atoms with Crippen molar-refractivity contribution in [3.63, 3.8) is 0 Å². The lowest BCUT2D eigenvalue weighted by Gasteiger charge is -2.04. The van der Waals surface area contributed by atoms with Crippen molar-refractivity contribution in [1.82, 2.24) is 10.0 Å². The van der Waals surface area contributed by atoms with Crippen molar-refractivity contribution in [2.45, 2.75) is 43.2 Å². The maximum atomic E-state index is 12.1. The average Bonchev–Trinajstić information content (AvgIpc) is 3.12. The van der Waals surface area contributed by atoms with E-state index in [-0.39, 0.29) is 0 Å². The predicted molar refractivity (Wildman–Crippen MR) is 87.0 cm³/mol. The highest BCUT2D eigenvalue weighted by Crippen LogP contribution is 2.22. The first kappa shape index (κ1) is 16.3. The van der Waals surface area contributed by atoms with Gasteiger partial charge < -0.3 is 5.32 Å². The molecule has 0 amide bonds. The lowest BCUT2D eigenvalue weighted by Crippen LogP contribution is -2.24.